The molecule has 0 bridgehead atoms. The first-order valence-electron chi connectivity index (χ1n) is 8.09. The molecule has 0 unspecified atom stereocenters. The van der Waals surface area contributed by atoms with Gasteiger partial charge in [0.1, 0.15) is 5.69 Å². The molecule has 0 N–H and O–H groups in total. The molecular weight excluding hydrogens is 272 g/mol. The maximum atomic E-state index is 12.1. The molecule has 0 radical (unpaired) electrons. The largest absolute Gasteiger partial charge is 0.594 e. The lowest BCUT2D eigenvalue weighted by molar-refractivity contribution is -0.435. The Labute approximate surface area is 132 Å². The van der Waals surface area contributed by atoms with Crippen LogP contribution in [0.4, 0.5) is 11.4 Å². The SMILES string of the molecule is CCCCCc1ccc([N+]([O-])=Nc2ccc(CC)cc2)cc1. The summed E-state index contributed by atoms with van der Waals surface area (Å²) in [5.41, 5.74) is 3.77. The molecule has 3 nitrogen and oxygen atoms in total. The molecule has 0 aliphatic rings. The Morgan fingerprint density at radius 2 is 1.50 bits per heavy atom. The Morgan fingerprint density at radius 1 is 0.864 bits per heavy atom. The molecule has 0 aliphatic heterocycles. The third-order valence-corrected chi connectivity index (χ3v) is 3.78. The zero-order valence-electron chi connectivity index (χ0n) is 13.5. The fourth-order valence-electron chi connectivity index (χ4n) is 2.33. The minimum absolute atomic E-state index is 0.568. The topological polar surface area (TPSA) is 38.4 Å². The second kappa shape index (κ2) is 8.32. The molecular formula is C19H24N2O. The van der Waals surface area contributed by atoms with Crippen LogP contribution in [-0.4, -0.2) is 4.86 Å². The standard InChI is InChI=1S/C19H24N2O/c1-3-5-6-7-17-10-14-19(15-11-17)21(22)20-18-12-8-16(4-2)9-13-18/h8-15H,3-7H2,1-2H3. The predicted molar refractivity (Wildman–Crippen MR) is 90.9 cm³/mol. The third kappa shape index (κ3) is 4.69. The molecule has 0 aliphatic carbocycles. The maximum absolute atomic E-state index is 12.1. The van der Waals surface area contributed by atoms with Crippen molar-refractivity contribution in [3.05, 3.63) is 64.9 Å². The summed E-state index contributed by atoms with van der Waals surface area (Å²) in [5.74, 6) is 0. The van der Waals surface area contributed by atoms with Gasteiger partial charge < -0.3 is 5.21 Å². The number of nitrogens with zero attached hydrogens (tertiary/aromatic N) is 2. The Balaban J connectivity index is 2.04. The van der Waals surface area contributed by atoms with Crippen LogP contribution in [-0.2, 0) is 12.8 Å². The Bertz CT molecular complexity index is 600. The van der Waals surface area contributed by atoms with Gasteiger partial charge in [0.2, 0.25) is 5.69 Å². The van der Waals surface area contributed by atoms with E-state index in [9.17, 15) is 5.21 Å². The van der Waals surface area contributed by atoms with Crippen LogP contribution in [0.3, 0.4) is 0 Å². The molecule has 2 aromatic rings. The van der Waals surface area contributed by atoms with Crippen molar-refractivity contribution < 1.29 is 4.86 Å². The van der Waals surface area contributed by atoms with Crippen LogP contribution in [0, 0.1) is 5.21 Å². The lowest BCUT2D eigenvalue weighted by atomic mass is 10.1. The van der Waals surface area contributed by atoms with Gasteiger partial charge >= 0.3 is 0 Å². The van der Waals surface area contributed by atoms with Crippen molar-refractivity contribution in [2.75, 3.05) is 0 Å². The molecule has 0 saturated carbocycles. The second-order valence-electron chi connectivity index (χ2n) is 5.52. The van der Waals surface area contributed by atoms with E-state index in [4.69, 9.17) is 0 Å². The first-order chi connectivity index (χ1) is 10.7. The zero-order valence-corrected chi connectivity index (χ0v) is 13.5. The number of unbranched alkanes of at least 4 members (excludes halogenated alkanes) is 2. The Morgan fingerprint density at radius 3 is 2.09 bits per heavy atom. The van der Waals surface area contributed by atoms with Gasteiger partial charge in [-0.15, -0.1) is 0 Å². The van der Waals surface area contributed by atoms with E-state index >= 15 is 0 Å². The number of aryl methyl sites for hydroxylation is 2. The lowest BCUT2D eigenvalue weighted by Gasteiger charge is -2.03. The van der Waals surface area contributed by atoms with Crippen LogP contribution >= 0.6 is 0 Å². The molecule has 0 fully saturated rings. The highest BCUT2D eigenvalue weighted by atomic mass is 16.5. The van der Waals surface area contributed by atoms with Gasteiger partial charge in [0.25, 0.3) is 0 Å². The average molecular weight is 296 g/mol. The van der Waals surface area contributed by atoms with Gasteiger partial charge in [-0.2, -0.15) is 0 Å². The van der Waals surface area contributed by atoms with E-state index in [0.717, 1.165) is 12.8 Å². The highest BCUT2D eigenvalue weighted by molar-refractivity contribution is 5.38. The summed E-state index contributed by atoms with van der Waals surface area (Å²) < 4.78 is 0. The molecule has 2 rings (SSSR count). The molecule has 2 aromatic carbocycles. The fraction of sp³-hybridized carbons (Fsp3) is 0.368. The van der Waals surface area contributed by atoms with E-state index in [1.807, 2.05) is 48.5 Å². The van der Waals surface area contributed by atoms with Crippen molar-refractivity contribution in [1.82, 2.24) is 0 Å². The summed E-state index contributed by atoms with van der Waals surface area (Å²) >= 11 is 0. The van der Waals surface area contributed by atoms with Gasteiger partial charge in [-0.05, 0) is 42.5 Å². The predicted octanol–water partition coefficient (Wildman–Crippen LogP) is 5.91. The number of benzene rings is 2. The van der Waals surface area contributed by atoms with Gasteiger partial charge in [0.05, 0.1) is 0 Å². The molecule has 22 heavy (non-hydrogen) atoms. The van der Waals surface area contributed by atoms with Crippen LogP contribution in [0.5, 0.6) is 0 Å². The zero-order chi connectivity index (χ0) is 15.8. The van der Waals surface area contributed by atoms with Gasteiger partial charge in [-0.25, -0.2) is 0 Å². The molecule has 0 aromatic heterocycles. The summed E-state index contributed by atoms with van der Waals surface area (Å²) in [7, 11) is 0. The highest BCUT2D eigenvalue weighted by Crippen LogP contribution is 2.19. The van der Waals surface area contributed by atoms with Crippen molar-refractivity contribution in [3.8, 4) is 0 Å². The number of hydrogen-bond acceptors (Lipinski definition) is 2. The van der Waals surface area contributed by atoms with Crippen LogP contribution in [0.25, 0.3) is 0 Å². The Kier molecular flexibility index (Phi) is 6.13. The van der Waals surface area contributed by atoms with Gasteiger partial charge in [0, 0.05) is 17.2 Å². The van der Waals surface area contributed by atoms with Crippen LogP contribution in [0.1, 0.15) is 44.2 Å². The summed E-state index contributed by atoms with van der Waals surface area (Å²) in [6.07, 6.45) is 5.73. The van der Waals surface area contributed by atoms with E-state index in [-0.39, 0.29) is 0 Å². The third-order valence-electron chi connectivity index (χ3n) is 3.78. The maximum Gasteiger partial charge on any atom is 0.244 e. The quantitative estimate of drug-likeness (QED) is 0.271. The minimum atomic E-state index is 0.568. The molecule has 0 saturated heterocycles. The van der Waals surface area contributed by atoms with E-state index in [1.165, 1.54) is 30.4 Å². The molecule has 3 heteroatoms. The first-order valence-corrected chi connectivity index (χ1v) is 8.09. The van der Waals surface area contributed by atoms with E-state index in [1.54, 1.807) is 0 Å². The molecule has 0 amide bonds. The number of hydrogen-bond donors (Lipinski definition) is 0. The molecule has 0 heterocycles. The van der Waals surface area contributed by atoms with E-state index in [2.05, 4.69) is 19.0 Å². The normalized spacial score (nSPS) is 11.6. The van der Waals surface area contributed by atoms with Gasteiger partial charge in [-0.3, -0.25) is 0 Å². The van der Waals surface area contributed by atoms with Crippen molar-refractivity contribution >= 4 is 11.4 Å². The summed E-state index contributed by atoms with van der Waals surface area (Å²) in [6.45, 7) is 4.31. The molecule has 116 valence electrons. The second-order valence-corrected chi connectivity index (χ2v) is 5.52. The molecule has 0 atom stereocenters. The minimum Gasteiger partial charge on any atom is -0.594 e. The van der Waals surface area contributed by atoms with Gasteiger partial charge in [-0.1, -0.05) is 55.8 Å². The summed E-state index contributed by atoms with van der Waals surface area (Å²) in [4.78, 5) is 0.691. The average Bonchev–Trinajstić information content (AvgIpc) is 2.56. The van der Waals surface area contributed by atoms with Gasteiger partial charge in [0.15, 0.2) is 0 Å². The van der Waals surface area contributed by atoms with Crippen LogP contribution < -0.4 is 0 Å². The number of rotatable bonds is 7. The van der Waals surface area contributed by atoms with Crippen molar-refractivity contribution in [3.63, 3.8) is 0 Å². The van der Waals surface area contributed by atoms with Crippen molar-refractivity contribution in [1.29, 1.82) is 0 Å². The van der Waals surface area contributed by atoms with E-state index in [0.29, 0.717) is 16.2 Å². The lowest BCUT2D eigenvalue weighted by Crippen LogP contribution is -1.92. The van der Waals surface area contributed by atoms with Crippen LogP contribution in [0.2, 0.25) is 0 Å². The van der Waals surface area contributed by atoms with Crippen molar-refractivity contribution in [2.24, 2.45) is 5.11 Å². The summed E-state index contributed by atoms with van der Waals surface area (Å²) in [6, 6.07) is 15.5. The van der Waals surface area contributed by atoms with Crippen LogP contribution in [0.15, 0.2) is 53.6 Å². The Hall–Kier alpha value is -2.16. The molecule has 0 spiro atoms. The van der Waals surface area contributed by atoms with Crippen molar-refractivity contribution in [2.45, 2.75) is 46.0 Å². The summed E-state index contributed by atoms with van der Waals surface area (Å²) in [5, 5.41) is 16.2. The fourth-order valence-corrected chi connectivity index (χ4v) is 2.33. The van der Waals surface area contributed by atoms with E-state index < -0.39 is 0 Å². The monoisotopic (exact) mass is 296 g/mol. The number of azo groups is 1. The first kappa shape index (κ1) is 16.2. The highest BCUT2D eigenvalue weighted by Gasteiger charge is 2.04. The smallest absolute Gasteiger partial charge is 0.244 e.